The third-order valence-electron chi connectivity index (χ3n) is 3.64. The van der Waals surface area contributed by atoms with Crippen LogP contribution in [0.15, 0.2) is 45.4 Å². The molecule has 0 aliphatic carbocycles. The number of thiophene rings is 1. The van der Waals surface area contributed by atoms with Gasteiger partial charge in [0.05, 0.1) is 22.0 Å². The van der Waals surface area contributed by atoms with Crippen molar-refractivity contribution in [2.45, 2.75) is 10.4 Å². The maximum Gasteiger partial charge on any atom is 0.230 e. The summed E-state index contributed by atoms with van der Waals surface area (Å²) in [6.45, 7) is 0.614. The summed E-state index contributed by atoms with van der Waals surface area (Å²) in [5.74, 6) is 0.435. The summed E-state index contributed by atoms with van der Waals surface area (Å²) in [7, 11) is 4.06. The number of nitrogens with zero attached hydrogens (tertiary/aromatic N) is 2. The lowest BCUT2D eigenvalue weighted by atomic mass is 10.1. The van der Waals surface area contributed by atoms with E-state index in [2.05, 4.69) is 38.1 Å². The number of carbonyl (C=O) groups excluding carboxylic acids is 1. The van der Waals surface area contributed by atoms with Crippen LogP contribution in [0.2, 0.25) is 0 Å². The first-order chi connectivity index (χ1) is 11.6. The van der Waals surface area contributed by atoms with Gasteiger partial charge in [-0.1, -0.05) is 23.9 Å². The van der Waals surface area contributed by atoms with Crippen LogP contribution in [-0.2, 0) is 4.79 Å². The minimum atomic E-state index is 0.0429. The first-order valence-electron chi connectivity index (χ1n) is 7.57. The summed E-state index contributed by atoms with van der Waals surface area (Å²) in [4.78, 5) is 18.8. The molecule has 1 N–H and O–H groups in total. The van der Waals surface area contributed by atoms with Gasteiger partial charge >= 0.3 is 0 Å². The number of carbonyl (C=O) groups is 1. The number of rotatable bonds is 7. The molecule has 1 aromatic carbocycles. The summed E-state index contributed by atoms with van der Waals surface area (Å²) in [5.41, 5.74) is 2.24. The molecule has 3 aromatic rings. The Morgan fingerprint density at radius 3 is 2.88 bits per heavy atom. The number of aromatic nitrogens is 1. The number of fused-ring (bicyclic) bond motifs is 1. The van der Waals surface area contributed by atoms with Gasteiger partial charge in [0, 0.05) is 6.54 Å². The quantitative estimate of drug-likeness (QED) is 0.635. The van der Waals surface area contributed by atoms with Crippen LogP contribution in [-0.4, -0.2) is 42.2 Å². The second-order valence-corrected chi connectivity index (χ2v) is 8.61. The van der Waals surface area contributed by atoms with E-state index in [0.29, 0.717) is 12.3 Å². The number of hydrogen-bond donors (Lipinski definition) is 1. The van der Waals surface area contributed by atoms with Crippen molar-refractivity contribution in [2.24, 2.45) is 0 Å². The van der Waals surface area contributed by atoms with Gasteiger partial charge in [-0.25, -0.2) is 4.98 Å². The summed E-state index contributed by atoms with van der Waals surface area (Å²) in [5, 5.41) is 7.23. The zero-order chi connectivity index (χ0) is 16.9. The Balaban J connectivity index is 1.51. The van der Waals surface area contributed by atoms with Crippen molar-refractivity contribution in [3.05, 3.63) is 46.7 Å². The molecule has 0 bridgehead atoms. The normalized spacial score (nSPS) is 12.6. The highest BCUT2D eigenvalue weighted by Gasteiger charge is 2.16. The number of likely N-dealkylation sites (N-methyl/N-ethyl adjacent to an activating group) is 1. The highest BCUT2D eigenvalue weighted by molar-refractivity contribution is 8.01. The molecule has 0 spiro atoms. The van der Waals surface area contributed by atoms with Gasteiger partial charge in [0.1, 0.15) is 0 Å². The van der Waals surface area contributed by atoms with Crippen molar-refractivity contribution < 1.29 is 4.79 Å². The molecule has 0 aliphatic heterocycles. The monoisotopic (exact) mass is 377 g/mol. The van der Waals surface area contributed by atoms with Crippen LogP contribution in [0.1, 0.15) is 11.6 Å². The number of para-hydroxylation sites is 1. The van der Waals surface area contributed by atoms with E-state index in [4.69, 9.17) is 0 Å². The average molecular weight is 378 g/mol. The number of thiazole rings is 1. The second-order valence-electron chi connectivity index (χ2n) is 5.58. The van der Waals surface area contributed by atoms with Crippen LogP contribution in [0.4, 0.5) is 0 Å². The Morgan fingerprint density at radius 2 is 2.17 bits per heavy atom. The largest absolute Gasteiger partial charge is 0.353 e. The van der Waals surface area contributed by atoms with E-state index in [1.54, 1.807) is 22.7 Å². The Labute approximate surface area is 153 Å². The first kappa shape index (κ1) is 17.4. The summed E-state index contributed by atoms with van der Waals surface area (Å²) < 4.78 is 2.10. The molecule has 1 unspecified atom stereocenters. The molecule has 0 aliphatic rings. The van der Waals surface area contributed by atoms with Crippen molar-refractivity contribution in [1.29, 1.82) is 0 Å². The van der Waals surface area contributed by atoms with E-state index in [-0.39, 0.29) is 11.9 Å². The van der Waals surface area contributed by atoms with Gasteiger partial charge in [-0.15, -0.1) is 11.3 Å². The van der Waals surface area contributed by atoms with Gasteiger partial charge in [0.25, 0.3) is 0 Å². The molecule has 2 aromatic heterocycles. The SMILES string of the molecule is CN(C)C(CNC(=O)CSc1nc2ccccc2s1)c1ccsc1. The molecule has 2 heterocycles. The van der Waals surface area contributed by atoms with Gasteiger partial charge in [0.2, 0.25) is 5.91 Å². The standard InChI is InChI=1S/C17H19N3OS3/c1-20(2)14(12-7-8-22-10-12)9-18-16(21)11-23-17-19-13-5-3-4-6-15(13)24-17/h3-8,10,14H,9,11H2,1-2H3,(H,18,21). The average Bonchev–Trinajstić information content (AvgIpc) is 3.22. The zero-order valence-corrected chi connectivity index (χ0v) is 16.0. The zero-order valence-electron chi connectivity index (χ0n) is 13.6. The number of nitrogens with one attached hydrogen (secondary N) is 1. The van der Waals surface area contributed by atoms with Crippen molar-refractivity contribution in [3.8, 4) is 0 Å². The fourth-order valence-corrected chi connectivity index (χ4v) is 4.97. The molecular weight excluding hydrogens is 358 g/mol. The van der Waals surface area contributed by atoms with E-state index in [9.17, 15) is 4.79 Å². The number of thioether (sulfide) groups is 1. The van der Waals surface area contributed by atoms with Crippen LogP contribution in [0.5, 0.6) is 0 Å². The molecule has 0 radical (unpaired) electrons. The maximum absolute atomic E-state index is 12.2. The van der Waals surface area contributed by atoms with Crippen LogP contribution in [0.25, 0.3) is 10.2 Å². The molecule has 126 valence electrons. The van der Waals surface area contributed by atoms with Crippen LogP contribution in [0, 0.1) is 0 Å². The maximum atomic E-state index is 12.2. The minimum absolute atomic E-state index is 0.0429. The molecule has 3 rings (SSSR count). The van der Waals surface area contributed by atoms with Crippen molar-refractivity contribution in [3.63, 3.8) is 0 Å². The van der Waals surface area contributed by atoms with Crippen LogP contribution < -0.4 is 5.32 Å². The lowest BCUT2D eigenvalue weighted by Crippen LogP contribution is -2.35. The van der Waals surface area contributed by atoms with Crippen molar-refractivity contribution >= 4 is 50.6 Å². The first-order valence-corrected chi connectivity index (χ1v) is 10.3. The molecule has 0 saturated carbocycles. The van der Waals surface area contributed by atoms with E-state index < -0.39 is 0 Å². The Morgan fingerprint density at radius 1 is 1.33 bits per heavy atom. The molecule has 0 saturated heterocycles. The topological polar surface area (TPSA) is 45.2 Å². The Bertz CT molecular complexity index is 765. The minimum Gasteiger partial charge on any atom is -0.353 e. The van der Waals surface area contributed by atoms with Crippen molar-refractivity contribution in [1.82, 2.24) is 15.2 Å². The highest BCUT2D eigenvalue weighted by Crippen LogP contribution is 2.29. The third kappa shape index (κ3) is 4.36. The van der Waals surface area contributed by atoms with E-state index in [1.165, 1.54) is 17.3 Å². The number of benzene rings is 1. The lowest BCUT2D eigenvalue weighted by molar-refractivity contribution is -0.118. The Hall–Kier alpha value is -1.41. The summed E-state index contributed by atoms with van der Waals surface area (Å²) in [6.07, 6.45) is 0. The third-order valence-corrected chi connectivity index (χ3v) is 6.53. The van der Waals surface area contributed by atoms with Gasteiger partial charge in [-0.2, -0.15) is 11.3 Å². The molecule has 24 heavy (non-hydrogen) atoms. The van der Waals surface area contributed by atoms with E-state index in [1.807, 2.05) is 32.3 Å². The summed E-state index contributed by atoms with van der Waals surface area (Å²) in [6, 6.07) is 10.4. The number of hydrogen-bond acceptors (Lipinski definition) is 6. The molecular formula is C17H19N3OS3. The fourth-order valence-electron chi connectivity index (χ4n) is 2.36. The summed E-state index contributed by atoms with van der Waals surface area (Å²) >= 11 is 4.81. The highest BCUT2D eigenvalue weighted by atomic mass is 32.2. The molecule has 1 atom stereocenters. The Kier molecular flexibility index (Phi) is 5.89. The molecule has 4 nitrogen and oxygen atoms in total. The van der Waals surface area contributed by atoms with Gasteiger partial charge in [0.15, 0.2) is 4.34 Å². The van der Waals surface area contributed by atoms with Gasteiger partial charge < -0.3 is 10.2 Å². The van der Waals surface area contributed by atoms with Crippen LogP contribution in [0.3, 0.4) is 0 Å². The fraction of sp³-hybridized carbons (Fsp3) is 0.294. The molecule has 0 fully saturated rings. The van der Waals surface area contributed by atoms with Crippen LogP contribution >= 0.6 is 34.4 Å². The van der Waals surface area contributed by atoms with E-state index in [0.717, 1.165) is 14.6 Å². The predicted octanol–water partition coefficient (Wildman–Crippen LogP) is 3.87. The van der Waals surface area contributed by atoms with E-state index >= 15 is 0 Å². The molecule has 7 heteroatoms. The van der Waals surface area contributed by atoms with Crippen molar-refractivity contribution in [2.75, 3.05) is 26.4 Å². The van der Waals surface area contributed by atoms with Gasteiger partial charge in [-0.05, 0) is 48.6 Å². The lowest BCUT2D eigenvalue weighted by Gasteiger charge is -2.23. The smallest absolute Gasteiger partial charge is 0.230 e. The predicted molar refractivity (Wildman–Crippen MR) is 104 cm³/mol. The molecule has 1 amide bonds. The number of amides is 1. The second kappa shape index (κ2) is 8.11. The van der Waals surface area contributed by atoms with Gasteiger partial charge in [-0.3, -0.25) is 4.79 Å².